The first-order chi connectivity index (χ1) is 8.97. The van der Waals surface area contributed by atoms with Crippen LogP contribution in [0.4, 0.5) is 0 Å². The summed E-state index contributed by atoms with van der Waals surface area (Å²) >= 11 is 5.12. The van der Waals surface area contributed by atoms with E-state index < -0.39 is 0 Å². The van der Waals surface area contributed by atoms with Crippen molar-refractivity contribution in [2.75, 3.05) is 0 Å². The maximum absolute atomic E-state index is 12.0. The minimum atomic E-state index is -0.0580. The highest BCUT2D eigenvalue weighted by Gasteiger charge is 2.14. The first-order valence-corrected chi connectivity index (χ1v) is 7.68. The molecule has 0 amide bonds. The largest absolute Gasteiger partial charge is 0.310 e. The zero-order valence-corrected chi connectivity index (χ0v) is 13.5. The van der Waals surface area contributed by atoms with Gasteiger partial charge in [0.15, 0.2) is 0 Å². The van der Waals surface area contributed by atoms with Gasteiger partial charge in [-0.1, -0.05) is 0 Å². The van der Waals surface area contributed by atoms with Crippen molar-refractivity contribution in [3.63, 3.8) is 0 Å². The lowest BCUT2D eigenvalue weighted by Crippen LogP contribution is -2.27. The summed E-state index contributed by atoms with van der Waals surface area (Å²) in [7, 11) is 0. The lowest BCUT2D eigenvalue weighted by Gasteiger charge is -2.14. The van der Waals surface area contributed by atoms with Gasteiger partial charge in [-0.15, -0.1) is 11.3 Å². The van der Waals surface area contributed by atoms with Crippen LogP contribution in [-0.2, 0) is 6.54 Å². The molecule has 2 rings (SSSR count). The molecule has 0 fully saturated rings. The molecule has 6 heteroatoms. The van der Waals surface area contributed by atoms with E-state index in [4.69, 9.17) is 0 Å². The third-order valence-electron chi connectivity index (χ3n) is 2.90. The lowest BCUT2D eigenvalue weighted by atomic mass is 10.1. The number of H-pyrrole nitrogens is 1. The monoisotopic (exact) mass is 341 g/mol. The van der Waals surface area contributed by atoms with Gasteiger partial charge in [0.05, 0.1) is 5.56 Å². The topological polar surface area (TPSA) is 57.8 Å². The fourth-order valence-electron chi connectivity index (χ4n) is 2.05. The molecular formula is C13H16BrN3OS. The van der Waals surface area contributed by atoms with Gasteiger partial charge in [-0.25, -0.2) is 4.98 Å². The molecule has 0 saturated carbocycles. The summed E-state index contributed by atoms with van der Waals surface area (Å²) < 4.78 is 1.09. The van der Waals surface area contributed by atoms with Crippen molar-refractivity contribution in [3.05, 3.63) is 48.2 Å². The molecule has 0 bridgehead atoms. The Morgan fingerprint density at radius 1 is 1.53 bits per heavy atom. The number of aromatic nitrogens is 2. The van der Waals surface area contributed by atoms with Gasteiger partial charge in [0, 0.05) is 33.0 Å². The molecule has 0 saturated heterocycles. The van der Waals surface area contributed by atoms with Gasteiger partial charge in [-0.3, -0.25) is 4.79 Å². The van der Waals surface area contributed by atoms with Gasteiger partial charge in [-0.2, -0.15) is 0 Å². The highest BCUT2D eigenvalue weighted by molar-refractivity contribution is 9.10. The molecule has 4 nitrogen and oxygen atoms in total. The summed E-state index contributed by atoms with van der Waals surface area (Å²) in [4.78, 5) is 20.3. The predicted molar refractivity (Wildman–Crippen MR) is 81.6 cm³/mol. The SMILES string of the molecule is Cc1nc(C)c(C(C)NCc2cc(Br)cs2)c(=O)[nH]1. The molecule has 2 aromatic heterocycles. The molecule has 0 spiro atoms. The number of hydrogen-bond donors (Lipinski definition) is 2. The van der Waals surface area contributed by atoms with E-state index in [1.54, 1.807) is 18.3 Å². The Kier molecular flexibility index (Phi) is 4.54. The second-order valence-corrected chi connectivity index (χ2v) is 6.40. The second kappa shape index (κ2) is 5.98. The summed E-state index contributed by atoms with van der Waals surface area (Å²) in [6, 6.07) is 2.05. The van der Waals surface area contributed by atoms with Crippen LogP contribution >= 0.6 is 27.3 Å². The molecule has 2 aromatic rings. The van der Waals surface area contributed by atoms with Gasteiger partial charge in [0.25, 0.3) is 5.56 Å². The third-order valence-corrected chi connectivity index (χ3v) is 4.60. The highest BCUT2D eigenvalue weighted by atomic mass is 79.9. The number of rotatable bonds is 4. The normalized spacial score (nSPS) is 12.6. The minimum Gasteiger partial charge on any atom is -0.310 e. The first kappa shape index (κ1) is 14.4. The van der Waals surface area contributed by atoms with Crippen LogP contribution in [0, 0.1) is 13.8 Å². The summed E-state index contributed by atoms with van der Waals surface area (Å²) in [6.45, 7) is 6.39. The number of nitrogens with one attached hydrogen (secondary N) is 2. The van der Waals surface area contributed by atoms with E-state index in [2.05, 4.69) is 37.3 Å². The highest BCUT2D eigenvalue weighted by Crippen LogP contribution is 2.20. The van der Waals surface area contributed by atoms with E-state index >= 15 is 0 Å². The maximum atomic E-state index is 12.0. The molecule has 0 radical (unpaired) electrons. The standard InChI is InChI=1S/C13H16BrN3OS/c1-7(15-5-11-4-10(14)6-19-11)12-8(2)16-9(3)17-13(12)18/h4,6-7,15H,5H2,1-3H3,(H,16,17,18). The lowest BCUT2D eigenvalue weighted by molar-refractivity contribution is 0.566. The molecule has 1 atom stereocenters. The van der Waals surface area contributed by atoms with Crippen LogP contribution < -0.4 is 10.9 Å². The molecule has 0 aliphatic heterocycles. The van der Waals surface area contributed by atoms with Gasteiger partial charge >= 0.3 is 0 Å². The average molecular weight is 342 g/mol. The van der Waals surface area contributed by atoms with E-state index in [0.29, 0.717) is 11.4 Å². The van der Waals surface area contributed by atoms with Crippen LogP contribution in [0.25, 0.3) is 0 Å². The number of thiophene rings is 1. The Morgan fingerprint density at radius 3 is 2.84 bits per heavy atom. The Hall–Kier alpha value is -0.980. The number of halogens is 1. The van der Waals surface area contributed by atoms with E-state index in [1.165, 1.54) is 4.88 Å². The van der Waals surface area contributed by atoms with E-state index in [9.17, 15) is 4.79 Å². The van der Waals surface area contributed by atoms with Crippen molar-refractivity contribution in [2.24, 2.45) is 0 Å². The van der Waals surface area contributed by atoms with E-state index in [1.807, 2.05) is 19.2 Å². The minimum absolute atomic E-state index is 0.0299. The van der Waals surface area contributed by atoms with Crippen LogP contribution in [0.1, 0.15) is 34.9 Å². The predicted octanol–water partition coefficient (Wildman–Crippen LogP) is 3.06. The fraction of sp³-hybridized carbons (Fsp3) is 0.385. The molecule has 2 heterocycles. The van der Waals surface area contributed by atoms with Crippen molar-refractivity contribution in [3.8, 4) is 0 Å². The van der Waals surface area contributed by atoms with Crippen LogP contribution in [0.2, 0.25) is 0 Å². The zero-order valence-electron chi connectivity index (χ0n) is 11.1. The molecule has 102 valence electrons. The number of aryl methyl sites for hydroxylation is 2. The molecule has 0 aliphatic rings. The van der Waals surface area contributed by atoms with Gasteiger partial charge in [0.2, 0.25) is 0 Å². The maximum Gasteiger partial charge on any atom is 0.255 e. The Morgan fingerprint density at radius 2 is 2.26 bits per heavy atom. The van der Waals surface area contributed by atoms with Crippen molar-refractivity contribution in [1.82, 2.24) is 15.3 Å². The molecular weight excluding hydrogens is 326 g/mol. The Bertz CT molecular complexity index is 635. The fourth-order valence-corrected chi connectivity index (χ4v) is 3.45. The first-order valence-electron chi connectivity index (χ1n) is 6.01. The van der Waals surface area contributed by atoms with Crippen molar-refractivity contribution in [2.45, 2.75) is 33.4 Å². The molecule has 0 aliphatic carbocycles. The van der Waals surface area contributed by atoms with Crippen LogP contribution in [0.15, 0.2) is 20.7 Å². The molecule has 2 N–H and O–H groups in total. The van der Waals surface area contributed by atoms with Crippen LogP contribution in [0.3, 0.4) is 0 Å². The Labute approximate surface area is 124 Å². The number of nitrogens with zero attached hydrogens (tertiary/aromatic N) is 1. The number of aromatic amines is 1. The van der Waals surface area contributed by atoms with Gasteiger partial charge in [-0.05, 0) is 42.8 Å². The van der Waals surface area contributed by atoms with Crippen LogP contribution in [-0.4, -0.2) is 9.97 Å². The summed E-state index contributed by atoms with van der Waals surface area (Å²) in [6.07, 6.45) is 0. The third kappa shape index (κ3) is 3.52. The summed E-state index contributed by atoms with van der Waals surface area (Å²) in [5.41, 5.74) is 1.44. The Balaban J connectivity index is 2.12. The quantitative estimate of drug-likeness (QED) is 0.898. The molecule has 1 unspecified atom stereocenters. The zero-order chi connectivity index (χ0) is 14.0. The second-order valence-electron chi connectivity index (χ2n) is 4.48. The average Bonchev–Trinajstić information content (AvgIpc) is 2.71. The van der Waals surface area contributed by atoms with Crippen molar-refractivity contribution < 1.29 is 0 Å². The summed E-state index contributed by atoms with van der Waals surface area (Å²) in [5.74, 6) is 0.653. The molecule has 0 aromatic carbocycles. The smallest absolute Gasteiger partial charge is 0.255 e. The van der Waals surface area contributed by atoms with Crippen molar-refractivity contribution in [1.29, 1.82) is 0 Å². The number of hydrogen-bond acceptors (Lipinski definition) is 4. The van der Waals surface area contributed by atoms with Gasteiger partial charge < -0.3 is 10.3 Å². The van der Waals surface area contributed by atoms with Crippen molar-refractivity contribution >= 4 is 27.3 Å². The van der Waals surface area contributed by atoms with Gasteiger partial charge in [0.1, 0.15) is 5.82 Å². The van der Waals surface area contributed by atoms with E-state index in [0.717, 1.165) is 16.7 Å². The van der Waals surface area contributed by atoms with E-state index in [-0.39, 0.29) is 11.6 Å². The molecule has 19 heavy (non-hydrogen) atoms. The summed E-state index contributed by atoms with van der Waals surface area (Å²) in [5, 5.41) is 5.41. The van der Waals surface area contributed by atoms with Crippen LogP contribution in [0.5, 0.6) is 0 Å².